The molecule has 2 heteroatoms. The second-order valence-corrected chi connectivity index (χ2v) is 9.88. The van der Waals surface area contributed by atoms with Gasteiger partial charge in [0.2, 0.25) is 0 Å². The van der Waals surface area contributed by atoms with Crippen molar-refractivity contribution in [2.75, 3.05) is 0 Å². The minimum absolute atomic E-state index is 0.927. The highest BCUT2D eigenvalue weighted by molar-refractivity contribution is 6.09. The number of allylic oxidation sites excluding steroid dienone is 10. The molecule has 0 fully saturated rings. The van der Waals surface area contributed by atoms with Crippen molar-refractivity contribution in [3.05, 3.63) is 94.2 Å². The summed E-state index contributed by atoms with van der Waals surface area (Å²) in [5.74, 6) is 0. The van der Waals surface area contributed by atoms with Crippen LogP contribution in [0.2, 0.25) is 0 Å². The Hall–Kier alpha value is -3.00. The van der Waals surface area contributed by atoms with Crippen LogP contribution in [-0.2, 0) is 12.8 Å². The molecule has 162 valence electrons. The average molecular weight is 421 g/mol. The molecule has 0 bridgehead atoms. The first-order chi connectivity index (χ1) is 15.4. The van der Waals surface area contributed by atoms with E-state index in [1.807, 2.05) is 0 Å². The number of aliphatic imine (C=N–C) groups is 2. The lowest BCUT2D eigenvalue weighted by Gasteiger charge is -2.05. The summed E-state index contributed by atoms with van der Waals surface area (Å²) in [7, 11) is 0. The van der Waals surface area contributed by atoms with Crippen LogP contribution in [0, 0.1) is 0 Å². The quantitative estimate of drug-likeness (QED) is 0.379. The molecule has 0 amide bonds. The zero-order valence-corrected chi connectivity index (χ0v) is 19.4. The SMILES string of the molecule is C=C(C)CCC1=CC=C(C2=Nc3cc4c(cc3C2)N=C(C2=CC=C(CCC(=C)C)C2)C4)C1. The Labute approximate surface area is 192 Å². The number of fused-ring (bicyclic) bond motifs is 2. The molecule has 32 heavy (non-hydrogen) atoms. The van der Waals surface area contributed by atoms with E-state index in [-0.39, 0.29) is 0 Å². The summed E-state index contributed by atoms with van der Waals surface area (Å²) in [6.45, 7) is 12.3. The molecule has 2 heterocycles. The van der Waals surface area contributed by atoms with Crippen LogP contribution in [0.25, 0.3) is 0 Å². The molecule has 2 nitrogen and oxygen atoms in total. The molecular formula is C30H32N2. The predicted octanol–water partition coefficient (Wildman–Crippen LogP) is 8.17. The molecule has 0 saturated carbocycles. The first-order valence-electron chi connectivity index (χ1n) is 11.8. The van der Waals surface area contributed by atoms with Crippen LogP contribution < -0.4 is 0 Å². The average Bonchev–Trinajstić information content (AvgIpc) is 3.53. The summed E-state index contributed by atoms with van der Waals surface area (Å²) in [6.07, 6.45) is 17.4. The highest BCUT2D eigenvalue weighted by atomic mass is 14.8. The summed E-state index contributed by atoms with van der Waals surface area (Å²) in [6, 6.07) is 4.56. The van der Waals surface area contributed by atoms with Gasteiger partial charge < -0.3 is 0 Å². The number of benzene rings is 1. The van der Waals surface area contributed by atoms with Gasteiger partial charge in [-0.3, -0.25) is 9.98 Å². The molecule has 1 aromatic carbocycles. The van der Waals surface area contributed by atoms with Crippen LogP contribution >= 0.6 is 0 Å². The summed E-state index contributed by atoms with van der Waals surface area (Å²) < 4.78 is 0. The molecule has 1 aromatic rings. The molecule has 0 atom stereocenters. The first-order valence-corrected chi connectivity index (χ1v) is 11.8. The van der Waals surface area contributed by atoms with E-state index in [0.717, 1.165) is 62.7 Å². The van der Waals surface area contributed by atoms with Crippen LogP contribution in [0.1, 0.15) is 63.5 Å². The Balaban J connectivity index is 1.21. The van der Waals surface area contributed by atoms with E-state index in [0.29, 0.717) is 0 Å². The lowest BCUT2D eigenvalue weighted by molar-refractivity contribution is 0.903. The fraction of sp³-hybridized carbons (Fsp3) is 0.333. The van der Waals surface area contributed by atoms with Crippen molar-refractivity contribution in [3.63, 3.8) is 0 Å². The second kappa shape index (κ2) is 8.50. The summed E-state index contributed by atoms with van der Waals surface area (Å²) in [5.41, 5.74) is 15.7. The first kappa shape index (κ1) is 20.9. The monoisotopic (exact) mass is 420 g/mol. The van der Waals surface area contributed by atoms with Gasteiger partial charge in [0.1, 0.15) is 0 Å². The van der Waals surface area contributed by atoms with E-state index >= 15 is 0 Å². The highest BCUT2D eigenvalue weighted by Gasteiger charge is 2.26. The van der Waals surface area contributed by atoms with Crippen molar-refractivity contribution >= 4 is 22.8 Å². The predicted molar refractivity (Wildman–Crippen MR) is 138 cm³/mol. The van der Waals surface area contributed by atoms with E-state index in [4.69, 9.17) is 9.98 Å². The maximum atomic E-state index is 5.03. The molecule has 2 aliphatic carbocycles. The Morgan fingerprint density at radius 1 is 0.688 bits per heavy atom. The van der Waals surface area contributed by atoms with Crippen molar-refractivity contribution < 1.29 is 0 Å². The van der Waals surface area contributed by atoms with Crippen LogP contribution in [-0.4, -0.2) is 11.4 Å². The summed E-state index contributed by atoms with van der Waals surface area (Å²) in [4.78, 5) is 10.1. The minimum Gasteiger partial charge on any atom is -0.253 e. The van der Waals surface area contributed by atoms with Crippen LogP contribution in [0.3, 0.4) is 0 Å². The van der Waals surface area contributed by atoms with E-state index in [2.05, 4.69) is 63.4 Å². The zero-order chi connectivity index (χ0) is 22.2. The third-order valence-corrected chi connectivity index (χ3v) is 6.87. The zero-order valence-electron chi connectivity index (χ0n) is 19.4. The van der Waals surface area contributed by atoms with E-state index in [1.54, 1.807) is 0 Å². The molecule has 0 unspecified atom stereocenters. The van der Waals surface area contributed by atoms with Crippen LogP contribution in [0.4, 0.5) is 11.4 Å². The van der Waals surface area contributed by atoms with E-state index in [1.165, 1.54) is 56.0 Å². The van der Waals surface area contributed by atoms with Gasteiger partial charge >= 0.3 is 0 Å². The Morgan fingerprint density at radius 2 is 1.12 bits per heavy atom. The third kappa shape index (κ3) is 4.32. The fourth-order valence-corrected chi connectivity index (χ4v) is 4.91. The van der Waals surface area contributed by atoms with Gasteiger partial charge in [0.15, 0.2) is 0 Å². The number of hydrogen-bond acceptors (Lipinski definition) is 2. The van der Waals surface area contributed by atoms with Gasteiger partial charge in [-0.25, -0.2) is 0 Å². The van der Waals surface area contributed by atoms with Crippen molar-refractivity contribution in [1.29, 1.82) is 0 Å². The molecule has 0 spiro atoms. The Kier molecular flexibility index (Phi) is 5.55. The molecule has 0 N–H and O–H groups in total. The van der Waals surface area contributed by atoms with Crippen molar-refractivity contribution in [2.45, 2.75) is 65.2 Å². The lowest BCUT2D eigenvalue weighted by atomic mass is 9.97. The van der Waals surface area contributed by atoms with Gasteiger partial charge in [-0.05, 0) is 86.8 Å². The van der Waals surface area contributed by atoms with Crippen molar-refractivity contribution in [3.8, 4) is 0 Å². The number of hydrogen-bond donors (Lipinski definition) is 0. The Bertz CT molecular complexity index is 1110. The normalized spacial score (nSPS) is 18.4. The standard InChI is InChI=1S/C30H32N2/c1-19(2)5-7-21-9-11-23(13-21)27-15-25-17-30-26(18-29(25)31-27)16-28(32-30)24-12-10-22(14-24)8-6-20(3)4/h9-12,17-18H,1,3,5-8,13-16H2,2,4H3. The van der Waals surface area contributed by atoms with Gasteiger partial charge in [0, 0.05) is 24.3 Å². The van der Waals surface area contributed by atoms with E-state index < -0.39 is 0 Å². The number of nitrogens with zero attached hydrogens (tertiary/aromatic N) is 2. The third-order valence-electron chi connectivity index (χ3n) is 6.87. The van der Waals surface area contributed by atoms with Gasteiger partial charge in [-0.2, -0.15) is 0 Å². The van der Waals surface area contributed by atoms with Crippen LogP contribution in [0.5, 0.6) is 0 Å². The van der Waals surface area contributed by atoms with Gasteiger partial charge in [-0.1, -0.05) is 46.6 Å². The fourth-order valence-electron chi connectivity index (χ4n) is 4.91. The molecule has 0 saturated heterocycles. The highest BCUT2D eigenvalue weighted by Crippen LogP contribution is 2.41. The minimum atomic E-state index is 0.927. The molecular weight excluding hydrogens is 388 g/mol. The lowest BCUT2D eigenvalue weighted by Crippen LogP contribution is -2.01. The van der Waals surface area contributed by atoms with Crippen molar-refractivity contribution in [1.82, 2.24) is 0 Å². The summed E-state index contributed by atoms with van der Waals surface area (Å²) >= 11 is 0. The largest absolute Gasteiger partial charge is 0.253 e. The maximum absolute atomic E-state index is 5.03. The number of rotatable bonds is 8. The Morgan fingerprint density at radius 3 is 1.53 bits per heavy atom. The van der Waals surface area contributed by atoms with Crippen LogP contribution in [0.15, 0.2) is 93.0 Å². The maximum Gasteiger partial charge on any atom is 0.0673 e. The molecule has 5 rings (SSSR count). The van der Waals surface area contributed by atoms with Gasteiger partial charge in [0.25, 0.3) is 0 Å². The van der Waals surface area contributed by atoms with E-state index in [9.17, 15) is 0 Å². The van der Waals surface area contributed by atoms with Crippen molar-refractivity contribution in [2.24, 2.45) is 9.98 Å². The second-order valence-electron chi connectivity index (χ2n) is 9.88. The van der Waals surface area contributed by atoms with Gasteiger partial charge in [-0.15, -0.1) is 13.2 Å². The topological polar surface area (TPSA) is 24.7 Å². The molecule has 2 aliphatic heterocycles. The molecule has 0 radical (unpaired) electrons. The van der Waals surface area contributed by atoms with Gasteiger partial charge in [0.05, 0.1) is 11.4 Å². The smallest absolute Gasteiger partial charge is 0.0673 e. The summed E-state index contributed by atoms with van der Waals surface area (Å²) in [5, 5.41) is 0. The molecule has 4 aliphatic rings. The molecule has 0 aromatic heterocycles.